The zero-order valence-electron chi connectivity index (χ0n) is 9.59. The molecule has 5 heteroatoms. The number of benzene rings is 1. The zero-order chi connectivity index (χ0) is 12.3. The summed E-state index contributed by atoms with van der Waals surface area (Å²) in [5.41, 5.74) is 1.16. The van der Waals surface area contributed by atoms with Gasteiger partial charge in [0.1, 0.15) is 0 Å². The van der Waals surface area contributed by atoms with Crippen molar-refractivity contribution in [1.29, 1.82) is 0 Å². The molecule has 0 radical (unpaired) electrons. The number of hydrogen-bond donors (Lipinski definition) is 0. The normalized spacial score (nSPS) is 11.0. The topological polar surface area (TPSA) is 28.5 Å². The van der Waals surface area contributed by atoms with E-state index in [2.05, 4.69) is 38.0 Å². The first kappa shape index (κ1) is 12.3. The number of halogens is 1. The van der Waals surface area contributed by atoms with E-state index in [1.165, 1.54) is 0 Å². The van der Waals surface area contributed by atoms with Crippen molar-refractivity contribution >= 4 is 38.7 Å². The maximum atomic E-state index is 4.27. The number of aliphatic imine (C=N–C) groups is 1. The average molecular weight is 310 g/mol. The van der Waals surface area contributed by atoms with Gasteiger partial charge in [-0.2, -0.15) is 0 Å². The van der Waals surface area contributed by atoms with E-state index < -0.39 is 0 Å². The van der Waals surface area contributed by atoms with Gasteiger partial charge in [-0.25, -0.2) is 9.98 Å². The summed E-state index contributed by atoms with van der Waals surface area (Å²) in [6.45, 7) is 0. The number of rotatable bonds is 3. The predicted molar refractivity (Wildman–Crippen MR) is 77.1 cm³/mol. The van der Waals surface area contributed by atoms with Crippen molar-refractivity contribution in [2.75, 3.05) is 14.1 Å². The van der Waals surface area contributed by atoms with Crippen molar-refractivity contribution in [2.45, 2.75) is 0 Å². The molecule has 0 aliphatic heterocycles. The molecule has 0 unspecified atom stereocenters. The van der Waals surface area contributed by atoms with Crippen LogP contribution in [0, 0.1) is 0 Å². The monoisotopic (exact) mass is 309 g/mol. The van der Waals surface area contributed by atoms with Crippen LogP contribution in [0.2, 0.25) is 0 Å². The summed E-state index contributed by atoms with van der Waals surface area (Å²) in [4.78, 5) is 11.6. The summed E-state index contributed by atoms with van der Waals surface area (Å²) in [6, 6.07) is 8.17. The van der Waals surface area contributed by atoms with E-state index >= 15 is 0 Å². The van der Waals surface area contributed by atoms with Crippen molar-refractivity contribution < 1.29 is 0 Å². The maximum absolute atomic E-state index is 4.27. The van der Waals surface area contributed by atoms with E-state index in [0.717, 1.165) is 20.0 Å². The first-order valence-electron chi connectivity index (χ1n) is 5.07. The second kappa shape index (κ2) is 5.42. The van der Waals surface area contributed by atoms with E-state index in [4.69, 9.17) is 0 Å². The van der Waals surface area contributed by atoms with Gasteiger partial charge in [-0.3, -0.25) is 0 Å². The molecule has 1 aromatic carbocycles. The van der Waals surface area contributed by atoms with Crippen LogP contribution in [0.25, 0.3) is 10.4 Å². The summed E-state index contributed by atoms with van der Waals surface area (Å²) in [6.07, 6.45) is 3.61. The van der Waals surface area contributed by atoms with Crippen LogP contribution in [0.4, 0.5) is 5.13 Å². The highest BCUT2D eigenvalue weighted by atomic mass is 79.9. The molecule has 0 aliphatic carbocycles. The Labute approximate surface area is 113 Å². The Balaban J connectivity index is 2.24. The summed E-state index contributed by atoms with van der Waals surface area (Å²) >= 11 is 5.04. The smallest absolute Gasteiger partial charge is 0.211 e. The van der Waals surface area contributed by atoms with Gasteiger partial charge in [-0.05, 0) is 17.7 Å². The van der Waals surface area contributed by atoms with E-state index in [1.54, 1.807) is 17.7 Å². The molecule has 0 saturated heterocycles. The molecule has 1 aromatic heterocycles. The molecule has 0 fully saturated rings. The fourth-order valence-electron chi connectivity index (χ4n) is 1.26. The summed E-state index contributed by atoms with van der Waals surface area (Å²) < 4.78 is 1.07. The lowest BCUT2D eigenvalue weighted by atomic mass is 10.2. The standard InChI is InChI=1S/C12H12BrN3S/c1-16(2)8-15-12-14-7-11(17-12)9-4-3-5-10(13)6-9/h3-8H,1-2H3. The minimum atomic E-state index is 0.772. The summed E-state index contributed by atoms with van der Waals surface area (Å²) in [5, 5.41) is 0.772. The van der Waals surface area contributed by atoms with Crippen molar-refractivity contribution in [3.05, 3.63) is 34.9 Å². The number of aromatic nitrogens is 1. The molecule has 0 atom stereocenters. The van der Waals surface area contributed by atoms with Crippen LogP contribution in [-0.4, -0.2) is 30.3 Å². The van der Waals surface area contributed by atoms with Crippen LogP contribution < -0.4 is 0 Å². The van der Waals surface area contributed by atoms with E-state index in [0.29, 0.717) is 0 Å². The molecule has 1 heterocycles. The van der Waals surface area contributed by atoms with Gasteiger partial charge in [0.05, 0.1) is 11.2 Å². The van der Waals surface area contributed by atoms with Crippen LogP contribution in [0.1, 0.15) is 0 Å². The second-order valence-electron chi connectivity index (χ2n) is 3.73. The highest BCUT2D eigenvalue weighted by Gasteiger charge is 2.03. The first-order chi connectivity index (χ1) is 8.15. The molecule has 0 N–H and O–H groups in total. The Kier molecular flexibility index (Phi) is 3.91. The van der Waals surface area contributed by atoms with Crippen LogP contribution in [0.15, 0.2) is 39.9 Å². The summed E-state index contributed by atoms with van der Waals surface area (Å²) in [5.74, 6) is 0. The van der Waals surface area contributed by atoms with Gasteiger partial charge in [0.15, 0.2) is 0 Å². The van der Waals surface area contributed by atoms with Gasteiger partial charge in [-0.1, -0.05) is 39.4 Å². The maximum Gasteiger partial charge on any atom is 0.211 e. The molecule has 0 saturated carbocycles. The van der Waals surface area contributed by atoms with Crippen LogP contribution >= 0.6 is 27.3 Å². The SMILES string of the molecule is CN(C)C=Nc1ncc(-c2cccc(Br)c2)s1. The molecule has 88 valence electrons. The Hall–Kier alpha value is -1.20. The molecule has 0 aliphatic rings. The van der Waals surface area contributed by atoms with Crippen LogP contribution in [0.5, 0.6) is 0 Å². The molecule has 17 heavy (non-hydrogen) atoms. The van der Waals surface area contributed by atoms with Crippen molar-refractivity contribution in [3.63, 3.8) is 0 Å². The van der Waals surface area contributed by atoms with Crippen molar-refractivity contribution in [3.8, 4) is 10.4 Å². The quantitative estimate of drug-likeness (QED) is 0.637. The van der Waals surface area contributed by atoms with Crippen LogP contribution in [-0.2, 0) is 0 Å². The molecule has 0 bridgehead atoms. The second-order valence-corrected chi connectivity index (χ2v) is 5.65. The lowest BCUT2D eigenvalue weighted by Crippen LogP contribution is -2.06. The Bertz CT molecular complexity index is 534. The molecule has 3 nitrogen and oxygen atoms in total. The van der Waals surface area contributed by atoms with Gasteiger partial charge < -0.3 is 4.90 Å². The summed E-state index contributed by atoms with van der Waals surface area (Å²) in [7, 11) is 3.87. The average Bonchev–Trinajstić information content (AvgIpc) is 2.75. The number of nitrogens with zero attached hydrogens (tertiary/aromatic N) is 3. The minimum Gasteiger partial charge on any atom is -0.369 e. The molecule has 0 spiro atoms. The minimum absolute atomic E-state index is 0.772. The van der Waals surface area contributed by atoms with E-state index in [1.807, 2.05) is 37.3 Å². The highest BCUT2D eigenvalue weighted by Crippen LogP contribution is 2.31. The molecular formula is C12H12BrN3S. The van der Waals surface area contributed by atoms with Gasteiger partial charge in [0.2, 0.25) is 5.13 Å². The van der Waals surface area contributed by atoms with Crippen LogP contribution in [0.3, 0.4) is 0 Å². The highest BCUT2D eigenvalue weighted by molar-refractivity contribution is 9.10. The lowest BCUT2D eigenvalue weighted by Gasteiger charge is -1.99. The Morgan fingerprint density at radius 3 is 2.94 bits per heavy atom. The predicted octanol–water partition coefficient (Wildman–Crippen LogP) is 3.79. The van der Waals surface area contributed by atoms with Gasteiger partial charge in [0, 0.05) is 24.8 Å². The third-order valence-corrected chi connectivity index (χ3v) is 3.45. The molecule has 0 amide bonds. The Morgan fingerprint density at radius 2 is 2.24 bits per heavy atom. The van der Waals surface area contributed by atoms with Gasteiger partial charge >= 0.3 is 0 Å². The van der Waals surface area contributed by atoms with Crippen molar-refractivity contribution in [2.24, 2.45) is 4.99 Å². The molecule has 2 rings (SSSR count). The fourth-order valence-corrected chi connectivity index (χ4v) is 2.42. The lowest BCUT2D eigenvalue weighted by molar-refractivity contribution is 0.643. The fraction of sp³-hybridized carbons (Fsp3) is 0.167. The van der Waals surface area contributed by atoms with Gasteiger partial charge in [0.25, 0.3) is 0 Å². The first-order valence-corrected chi connectivity index (χ1v) is 6.68. The molecular weight excluding hydrogens is 298 g/mol. The third kappa shape index (κ3) is 3.38. The molecule has 2 aromatic rings. The largest absolute Gasteiger partial charge is 0.369 e. The van der Waals surface area contributed by atoms with Gasteiger partial charge in [-0.15, -0.1) is 0 Å². The van der Waals surface area contributed by atoms with Crippen molar-refractivity contribution in [1.82, 2.24) is 9.88 Å². The third-order valence-electron chi connectivity index (χ3n) is 2.00. The zero-order valence-corrected chi connectivity index (χ0v) is 12.0. The number of hydrogen-bond acceptors (Lipinski definition) is 3. The Morgan fingerprint density at radius 1 is 1.41 bits per heavy atom. The number of thiazole rings is 1. The van der Waals surface area contributed by atoms with E-state index in [9.17, 15) is 0 Å². The van der Waals surface area contributed by atoms with E-state index in [-0.39, 0.29) is 0 Å².